The topological polar surface area (TPSA) is 105 Å². The van der Waals surface area contributed by atoms with Crippen LogP contribution in [0.25, 0.3) is 22.0 Å². The number of carbonyl (C=O) groups is 1. The van der Waals surface area contributed by atoms with Gasteiger partial charge in [0, 0.05) is 35.9 Å². The molecule has 8 nitrogen and oxygen atoms in total. The Morgan fingerprint density at radius 1 is 1.06 bits per heavy atom. The van der Waals surface area contributed by atoms with Crippen molar-refractivity contribution < 1.29 is 23.2 Å². The summed E-state index contributed by atoms with van der Waals surface area (Å²) in [5.74, 6) is 0.466. The normalized spacial score (nSPS) is 16.6. The van der Waals surface area contributed by atoms with Gasteiger partial charge in [-0.3, -0.25) is 4.79 Å². The van der Waals surface area contributed by atoms with Gasteiger partial charge in [0.2, 0.25) is 5.89 Å². The Balaban J connectivity index is 1.28. The minimum atomic E-state index is -1.12. The first-order valence-electron chi connectivity index (χ1n) is 12.0. The van der Waals surface area contributed by atoms with Crippen LogP contribution < -0.4 is 4.90 Å². The molecular weight excluding hydrogens is 468 g/mol. The second kappa shape index (κ2) is 8.92. The van der Waals surface area contributed by atoms with Gasteiger partial charge in [0.25, 0.3) is 0 Å². The molecule has 1 aliphatic carbocycles. The zero-order valence-corrected chi connectivity index (χ0v) is 19.3. The molecule has 4 aromatic rings. The van der Waals surface area contributed by atoms with E-state index in [0.717, 1.165) is 37.4 Å². The Bertz CT molecular complexity index is 1460. The lowest BCUT2D eigenvalue weighted by Gasteiger charge is -2.32. The van der Waals surface area contributed by atoms with Crippen molar-refractivity contribution in [3.8, 4) is 11.1 Å². The summed E-state index contributed by atoms with van der Waals surface area (Å²) in [5, 5.41) is 13.7. The van der Waals surface area contributed by atoms with Crippen LogP contribution in [0.2, 0.25) is 0 Å². The molecule has 36 heavy (non-hydrogen) atoms. The Labute approximate surface area is 205 Å². The number of piperidine rings is 1. The van der Waals surface area contributed by atoms with Crippen molar-refractivity contribution >= 4 is 22.7 Å². The fraction of sp³-hybridized carbons (Fsp3) is 0.346. The predicted octanol–water partition coefficient (Wildman–Crippen LogP) is 4.85. The van der Waals surface area contributed by atoms with Gasteiger partial charge < -0.3 is 14.5 Å². The van der Waals surface area contributed by atoms with E-state index in [0.29, 0.717) is 46.9 Å². The van der Waals surface area contributed by atoms with E-state index in [4.69, 9.17) is 9.63 Å². The van der Waals surface area contributed by atoms with E-state index in [1.54, 1.807) is 6.07 Å². The van der Waals surface area contributed by atoms with Gasteiger partial charge in [0.05, 0.1) is 11.9 Å². The van der Waals surface area contributed by atoms with Gasteiger partial charge in [0.15, 0.2) is 5.82 Å². The Hall–Kier alpha value is -3.95. The summed E-state index contributed by atoms with van der Waals surface area (Å²) in [6, 6.07) is 6.93. The van der Waals surface area contributed by atoms with Crippen molar-refractivity contribution in [1.82, 2.24) is 20.1 Å². The number of fused-ring (bicyclic) bond motifs is 1. The lowest BCUT2D eigenvalue weighted by molar-refractivity contribution is -0.136. The number of anilines is 1. The monoisotopic (exact) mass is 491 g/mol. The maximum absolute atomic E-state index is 14.8. The molecule has 10 heteroatoms. The molecule has 184 valence electrons. The highest BCUT2D eigenvalue weighted by atomic mass is 19.1. The summed E-state index contributed by atoms with van der Waals surface area (Å²) < 4.78 is 34.8. The molecular formula is C26H23F2N5O3. The summed E-state index contributed by atoms with van der Waals surface area (Å²) in [6.07, 6.45) is 4.85. The SMILES string of the molecule is O=C(O)Cc1ccc(-c2cc(F)cc3c(N4CCC(c5noc(C6CC6)n5)CC4)ncnc23)cc1F. The third-order valence-electron chi connectivity index (χ3n) is 6.93. The van der Waals surface area contributed by atoms with Crippen LogP contribution in [0.3, 0.4) is 0 Å². The molecule has 3 heterocycles. The van der Waals surface area contributed by atoms with Crippen molar-refractivity contribution in [3.05, 3.63) is 65.6 Å². The lowest BCUT2D eigenvalue weighted by atomic mass is 9.95. The van der Waals surface area contributed by atoms with Crippen LogP contribution in [-0.4, -0.2) is 44.3 Å². The molecule has 6 rings (SSSR count). The fourth-order valence-electron chi connectivity index (χ4n) is 4.87. The average Bonchev–Trinajstić information content (AvgIpc) is 3.60. The largest absolute Gasteiger partial charge is 0.481 e. The number of hydrogen-bond donors (Lipinski definition) is 1. The zero-order chi connectivity index (χ0) is 24.8. The highest BCUT2D eigenvalue weighted by molar-refractivity contribution is 5.99. The van der Waals surface area contributed by atoms with Gasteiger partial charge in [-0.2, -0.15) is 4.98 Å². The van der Waals surface area contributed by atoms with E-state index in [-0.39, 0.29) is 11.5 Å². The zero-order valence-electron chi connectivity index (χ0n) is 19.3. The molecule has 0 amide bonds. The first-order valence-corrected chi connectivity index (χ1v) is 12.0. The van der Waals surface area contributed by atoms with Crippen LogP contribution in [0.4, 0.5) is 14.6 Å². The highest BCUT2D eigenvalue weighted by Crippen LogP contribution is 2.40. The lowest BCUT2D eigenvalue weighted by Crippen LogP contribution is -2.34. The van der Waals surface area contributed by atoms with Crippen LogP contribution in [0, 0.1) is 11.6 Å². The van der Waals surface area contributed by atoms with Crippen LogP contribution in [0.15, 0.2) is 41.2 Å². The van der Waals surface area contributed by atoms with Crippen molar-refractivity contribution in [2.75, 3.05) is 18.0 Å². The molecule has 0 bridgehead atoms. The molecule has 2 aromatic carbocycles. The van der Waals surface area contributed by atoms with E-state index in [2.05, 4.69) is 25.0 Å². The van der Waals surface area contributed by atoms with Crippen molar-refractivity contribution in [1.29, 1.82) is 0 Å². The van der Waals surface area contributed by atoms with E-state index >= 15 is 0 Å². The maximum Gasteiger partial charge on any atom is 0.307 e. The standard InChI is InChI=1S/C26H23F2N5O3/c27-18-11-19(16-3-4-17(10-22(34)35)21(28)9-16)23-20(12-18)25(30-13-29-23)33-7-5-14(6-8-33)24-31-26(36-32-24)15-1-2-15/h3-4,9,11-15H,1-2,5-8,10H2,(H,34,35). The van der Waals surface area contributed by atoms with E-state index in [1.165, 1.54) is 30.6 Å². The van der Waals surface area contributed by atoms with Gasteiger partial charge in [0.1, 0.15) is 23.8 Å². The Kier molecular flexibility index (Phi) is 5.58. The van der Waals surface area contributed by atoms with Crippen LogP contribution >= 0.6 is 0 Å². The van der Waals surface area contributed by atoms with Gasteiger partial charge >= 0.3 is 5.97 Å². The predicted molar refractivity (Wildman–Crippen MR) is 127 cm³/mol. The number of halogens is 2. The third kappa shape index (κ3) is 4.27. The fourth-order valence-corrected chi connectivity index (χ4v) is 4.87. The molecule has 0 unspecified atom stereocenters. The smallest absolute Gasteiger partial charge is 0.307 e. The van der Waals surface area contributed by atoms with Crippen molar-refractivity contribution in [2.24, 2.45) is 0 Å². The van der Waals surface area contributed by atoms with Gasteiger partial charge in [-0.05, 0) is 55.0 Å². The molecule has 1 saturated heterocycles. The third-order valence-corrected chi connectivity index (χ3v) is 6.93. The number of hydrogen-bond acceptors (Lipinski definition) is 7. The molecule has 2 aromatic heterocycles. The highest BCUT2D eigenvalue weighted by Gasteiger charge is 2.32. The van der Waals surface area contributed by atoms with E-state index < -0.39 is 24.0 Å². The number of nitrogens with zero attached hydrogens (tertiary/aromatic N) is 5. The molecule has 1 saturated carbocycles. The first-order chi connectivity index (χ1) is 17.5. The van der Waals surface area contributed by atoms with Gasteiger partial charge in [-0.1, -0.05) is 17.3 Å². The summed E-state index contributed by atoms with van der Waals surface area (Å²) in [6.45, 7) is 1.38. The van der Waals surface area contributed by atoms with Crippen LogP contribution in [0.1, 0.15) is 54.8 Å². The average molecular weight is 491 g/mol. The first kappa shape index (κ1) is 22.5. The van der Waals surface area contributed by atoms with Crippen molar-refractivity contribution in [3.63, 3.8) is 0 Å². The number of carboxylic acid groups (broad SMARTS) is 1. The summed E-state index contributed by atoms with van der Waals surface area (Å²) in [5.41, 5.74) is 1.40. The molecule has 0 atom stereocenters. The number of rotatable bonds is 6. The molecule has 2 aliphatic rings. The summed E-state index contributed by atoms with van der Waals surface area (Å²) in [7, 11) is 0. The molecule has 1 aliphatic heterocycles. The Morgan fingerprint density at radius 3 is 2.58 bits per heavy atom. The van der Waals surface area contributed by atoms with Gasteiger partial charge in [-0.25, -0.2) is 18.7 Å². The second-order valence-corrected chi connectivity index (χ2v) is 9.45. The maximum atomic E-state index is 14.8. The van der Waals surface area contributed by atoms with E-state index in [1.807, 2.05) is 0 Å². The molecule has 0 radical (unpaired) electrons. The second-order valence-electron chi connectivity index (χ2n) is 9.45. The van der Waals surface area contributed by atoms with Crippen molar-refractivity contribution in [2.45, 2.75) is 43.9 Å². The quantitative estimate of drug-likeness (QED) is 0.408. The number of aliphatic carboxylic acids is 1. The van der Waals surface area contributed by atoms with Crippen LogP contribution in [0.5, 0.6) is 0 Å². The minimum Gasteiger partial charge on any atom is -0.481 e. The molecule has 1 N–H and O–H groups in total. The number of aromatic nitrogens is 4. The van der Waals surface area contributed by atoms with Crippen LogP contribution in [-0.2, 0) is 11.2 Å². The number of benzene rings is 2. The Morgan fingerprint density at radius 2 is 1.86 bits per heavy atom. The minimum absolute atomic E-state index is 0.0657. The van der Waals surface area contributed by atoms with E-state index in [9.17, 15) is 13.6 Å². The molecule has 2 fully saturated rings. The molecule has 0 spiro atoms. The number of carboxylic acids is 1. The summed E-state index contributed by atoms with van der Waals surface area (Å²) >= 11 is 0. The van der Waals surface area contributed by atoms with Gasteiger partial charge in [-0.15, -0.1) is 0 Å². The summed E-state index contributed by atoms with van der Waals surface area (Å²) in [4.78, 5) is 26.5.